The molecule has 0 aromatic heterocycles. The van der Waals surface area contributed by atoms with Crippen LogP contribution in [0.2, 0.25) is 0 Å². The van der Waals surface area contributed by atoms with Crippen molar-refractivity contribution in [1.29, 1.82) is 0 Å². The van der Waals surface area contributed by atoms with Gasteiger partial charge in [0.05, 0.1) is 0 Å². The van der Waals surface area contributed by atoms with Gasteiger partial charge in [0.15, 0.2) is 34.9 Å². The van der Waals surface area contributed by atoms with E-state index in [1.54, 1.807) is 39.0 Å². The highest BCUT2D eigenvalue weighted by molar-refractivity contribution is 5.31. The van der Waals surface area contributed by atoms with E-state index in [2.05, 4.69) is 44.7 Å². The molecule has 3 aromatic carbocycles. The molecule has 0 spiro atoms. The topological polar surface area (TPSA) is 0 Å². The van der Waals surface area contributed by atoms with Crippen molar-refractivity contribution in [2.24, 2.45) is 53.3 Å². The number of aryl methyl sites for hydroxylation is 3. The molecule has 438 valence electrons. The summed E-state index contributed by atoms with van der Waals surface area (Å²) in [5.74, 6) is 4.44. The molecule has 6 saturated carbocycles. The first-order chi connectivity index (χ1) is 37.3. The summed E-state index contributed by atoms with van der Waals surface area (Å²) in [6.45, 7) is 13.1. The molecule has 0 bridgehead atoms. The smallest absolute Gasteiger partial charge is 0.162 e. The van der Waals surface area contributed by atoms with E-state index >= 15 is 0 Å². The number of unbranched alkanes of at least 4 members (excludes halogenated alkanes) is 1. The zero-order chi connectivity index (χ0) is 54.8. The third-order valence-corrected chi connectivity index (χ3v) is 20.8. The number of hydrogen-bond donors (Lipinski definition) is 0. The maximum absolute atomic E-state index is 14.3. The van der Waals surface area contributed by atoms with E-state index in [0.717, 1.165) is 98.2 Å². The van der Waals surface area contributed by atoms with Crippen LogP contribution in [0.5, 0.6) is 0 Å². The zero-order valence-electron chi connectivity index (χ0n) is 48.5. The summed E-state index contributed by atoms with van der Waals surface area (Å²) < 4.78 is 84.5. The molecule has 0 unspecified atom stereocenters. The molecule has 6 aliphatic carbocycles. The van der Waals surface area contributed by atoms with Gasteiger partial charge in [0.1, 0.15) is 0 Å². The van der Waals surface area contributed by atoms with Crippen molar-refractivity contribution in [3.8, 4) is 0 Å². The van der Waals surface area contributed by atoms with E-state index in [4.69, 9.17) is 0 Å². The molecule has 9 rings (SSSR count). The van der Waals surface area contributed by atoms with Gasteiger partial charge in [-0.25, -0.2) is 26.3 Å². The highest BCUT2D eigenvalue weighted by Crippen LogP contribution is 2.48. The molecule has 77 heavy (non-hydrogen) atoms. The van der Waals surface area contributed by atoms with Crippen LogP contribution in [-0.2, 0) is 0 Å². The molecule has 6 fully saturated rings. The maximum Gasteiger partial charge on any atom is 0.162 e. The molecular weight excluding hydrogens is 967 g/mol. The third-order valence-electron chi connectivity index (χ3n) is 20.8. The summed E-state index contributed by atoms with van der Waals surface area (Å²) in [5, 5.41) is 0. The highest BCUT2D eigenvalue weighted by atomic mass is 19.2. The Hall–Kier alpha value is -3.54. The second-order valence-electron chi connectivity index (χ2n) is 25.6. The van der Waals surface area contributed by atoms with Crippen LogP contribution in [0.25, 0.3) is 0 Å². The maximum atomic E-state index is 14.3. The Labute approximate surface area is 473 Å². The molecule has 0 N–H and O–H groups in total. The average molecular weight is 1080 g/mol. The predicted octanol–water partition coefficient (Wildman–Crippen LogP) is 24.2. The van der Waals surface area contributed by atoms with Gasteiger partial charge in [-0.15, -0.1) is 6.58 Å². The van der Waals surface area contributed by atoms with Gasteiger partial charge < -0.3 is 0 Å². The predicted molar refractivity (Wildman–Crippen MR) is 324 cm³/mol. The standard InChI is InChI=1S/2C24H34F2.C23H32F2.6H2/c2*1-3-4-5-6-18-8-10-19(11-9-18)20-12-14-21(15-13-20)22-16-7-17(2)23(25)24(22)26;1-3-4-5-17-7-9-18(10-8-17)19-11-13-20(14-12-19)21-15-6-16(2)22(24)23(21)25;;;;;;/h5-7,16,18-21H,3-4,8-15H2,1-2H3;3-4,7,16,18-21H,5-6,8-15H2,1-2H3;3,6,15,17-20H,1,4-5,7-14H2,2H3;6*1H/b6-5+;4-3+;;;;;;;. The first-order valence-corrected chi connectivity index (χ1v) is 31.5. The lowest BCUT2D eigenvalue weighted by molar-refractivity contribution is 0.156. The van der Waals surface area contributed by atoms with Crippen molar-refractivity contribution in [2.45, 2.75) is 245 Å². The van der Waals surface area contributed by atoms with E-state index in [9.17, 15) is 26.3 Å². The number of benzene rings is 3. The van der Waals surface area contributed by atoms with E-state index in [0.29, 0.717) is 33.4 Å². The van der Waals surface area contributed by atoms with Crippen molar-refractivity contribution >= 4 is 0 Å². The van der Waals surface area contributed by atoms with Crippen LogP contribution in [0.3, 0.4) is 0 Å². The number of halogens is 6. The number of allylic oxidation sites excluding steroid dienone is 5. The lowest BCUT2D eigenvalue weighted by Gasteiger charge is -2.38. The lowest BCUT2D eigenvalue weighted by Crippen LogP contribution is -2.25. The molecule has 0 atom stereocenters. The molecule has 3 aromatic rings. The van der Waals surface area contributed by atoms with Crippen molar-refractivity contribution < 1.29 is 34.9 Å². The summed E-state index contributed by atoms with van der Waals surface area (Å²) in [6.07, 6.45) is 48.4. The average Bonchev–Trinajstić information content (AvgIpc) is 3.54. The fraction of sp³-hybridized carbons (Fsp3) is 0.662. The van der Waals surface area contributed by atoms with Gasteiger partial charge in [-0.05, 0) is 293 Å². The Bertz CT molecular complexity index is 2330. The minimum atomic E-state index is -0.655. The Morgan fingerprint density at radius 1 is 0.403 bits per heavy atom. The van der Waals surface area contributed by atoms with Crippen molar-refractivity contribution in [1.82, 2.24) is 0 Å². The van der Waals surface area contributed by atoms with Crippen LogP contribution in [0, 0.1) is 109 Å². The summed E-state index contributed by atoms with van der Waals surface area (Å²) >= 11 is 0. The second-order valence-corrected chi connectivity index (χ2v) is 25.6. The molecular formula is C71H112F6. The summed E-state index contributed by atoms with van der Waals surface area (Å²) in [5.41, 5.74) is 3.05. The quantitative estimate of drug-likeness (QED) is 0.105. The Morgan fingerprint density at radius 2 is 0.714 bits per heavy atom. The van der Waals surface area contributed by atoms with Crippen LogP contribution < -0.4 is 0 Å². The monoisotopic (exact) mass is 1080 g/mol. The fourth-order valence-electron chi connectivity index (χ4n) is 15.6. The third kappa shape index (κ3) is 17.0. The van der Waals surface area contributed by atoms with Crippen LogP contribution in [0.15, 0.2) is 73.4 Å². The Morgan fingerprint density at radius 3 is 1.03 bits per heavy atom. The van der Waals surface area contributed by atoms with Gasteiger partial charge in [-0.3, -0.25) is 0 Å². The minimum absolute atomic E-state index is 0. The van der Waals surface area contributed by atoms with Crippen LogP contribution in [-0.4, -0.2) is 0 Å². The van der Waals surface area contributed by atoms with E-state index < -0.39 is 34.9 Å². The molecule has 0 aliphatic heterocycles. The van der Waals surface area contributed by atoms with Gasteiger partial charge in [-0.1, -0.05) is 106 Å². The van der Waals surface area contributed by atoms with Crippen molar-refractivity contribution in [3.05, 3.63) is 142 Å². The normalized spacial score (nSPS) is 30.1. The number of rotatable bonds is 15. The Kier molecular flexibility index (Phi) is 24.5. The molecule has 0 amide bonds. The Balaban J connectivity index is 0.000000601. The highest BCUT2D eigenvalue weighted by Gasteiger charge is 2.35. The van der Waals surface area contributed by atoms with Crippen LogP contribution >= 0.6 is 0 Å². The van der Waals surface area contributed by atoms with E-state index in [1.165, 1.54) is 148 Å². The van der Waals surface area contributed by atoms with Gasteiger partial charge >= 0.3 is 0 Å². The first kappa shape index (κ1) is 61.1. The van der Waals surface area contributed by atoms with Gasteiger partial charge in [0, 0.05) is 8.56 Å². The zero-order valence-corrected chi connectivity index (χ0v) is 48.5. The summed E-state index contributed by atoms with van der Waals surface area (Å²) in [6, 6.07) is 10.6. The summed E-state index contributed by atoms with van der Waals surface area (Å²) in [4.78, 5) is 0. The SMILES string of the molecule is C/C=C/CCC1CCC(C2CCC(c3ccc(C)c(F)c3F)CC2)CC1.C=CCCC1CCC(C2CCC(c3ccc(C)c(F)c3F)CC2)CC1.CCC/C=C/C1CCC(C2CCC(c3ccc(C)c(F)c3F)CC2)CC1.[HH].[HH].[HH].[HH].[HH].[HH]. The van der Waals surface area contributed by atoms with E-state index in [1.807, 2.05) is 24.3 Å². The lowest BCUT2D eigenvalue weighted by atomic mass is 9.68. The molecule has 0 nitrogen and oxygen atoms in total. The number of hydrogen-bond acceptors (Lipinski definition) is 0. The van der Waals surface area contributed by atoms with Gasteiger partial charge in [0.2, 0.25) is 0 Å². The largest absolute Gasteiger partial charge is 0.203 e. The molecule has 0 radical (unpaired) electrons. The van der Waals surface area contributed by atoms with Gasteiger partial charge in [-0.2, -0.15) is 0 Å². The summed E-state index contributed by atoms with van der Waals surface area (Å²) in [7, 11) is 0. The second kappa shape index (κ2) is 30.9. The van der Waals surface area contributed by atoms with Crippen LogP contribution in [0.4, 0.5) is 26.3 Å². The van der Waals surface area contributed by atoms with E-state index in [-0.39, 0.29) is 26.3 Å². The van der Waals surface area contributed by atoms with Crippen molar-refractivity contribution in [2.75, 3.05) is 0 Å². The van der Waals surface area contributed by atoms with Gasteiger partial charge in [0.25, 0.3) is 0 Å². The molecule has 6 heteroatoms. The first-order valence-electron chi connectivity index (χ1n) is 31.5. The minimum Gasteiger partial charge on any atom is -0.203 e. The molecule has 0 saturated heterocycles. The van der Waals surface area contributed by atoms with Crippen molar-refractivity contribution in [3.63, 3.8) is 0 Å². The molecule has 0 heterocycles. The molecule has 6 aliphatic rings. The fourth-order valence-corrected chi connectivity index (χ4v) is 15.6. The van der Waals surface area contributed by atoms with Crippen LogP contribution in [0.1, 0.15) is 266 Å².